The van der Waals surface area contributed by atoms with Crippen LogP contribution in [-0.4, -0.2) is 43.0 Å². The number of piperidine rings is 1. The molecule has 1 saturated heterocycles. The van der Waals surface area contributed by atoms with Gasteiger partial charge < -0.3 is 15.0 Å². The molecule has 0 aromatic heterocycles. The Labute approximate surface area is 140 Å². The first-order chi connectivity index (χ1) is 11.4. The highest BCUT2D eigenvalue weighted by molar-refractivity contribution is 5.84. The molecule has 1 aromatic rings. The largest absolute Gasteiger partial charge is 0.383 e. The van der Waals surface area contributed by atoms with Crippen molar-refractivity contribution >= 4 is 11.8 Å². The zero-order valence-electron chi connectivity index (χ0n) is 13.9. The summed E-state index contributed by atoms with van der Waals surface area (Å²) < 4.78 is 31.5. The van der Waals surface area contributed by atoms with Gasteiger partial charge in [-0.1, -0.05) is 6.07 Å². The van der Waals surface area contributed by atoms with Gasteiger partial charge >= 0.3 is 0 Å². The molecule has 2 amide bonds. The number of likely N-dealkylation sites (tertiary alicyclic amines) is 1. The minimum atomic E-state index is -0.691. The van der Waals surface area contributed by atoms with Crippen molar-refractivity contribution in [3.05, 3.63) is 35.4 Å². The highest BCUT2D eigenvalue weighted by atomic mass is 19.1. The number of ether oxygens (including phenoxy) is 1. The molecule has 1 aliphatic heterocycles. The van der Waals surface area contributed by atoms with Crippen LogP contribution in [0, 0.1) is 17.6 Å². The number of carbonyl (C=O) groups excluding carboxylic acids is 2. The lowest BCUT2D eigenvalue weighted by molar-refractivity contribution is -0.143. The SMILES string of the molecule is COCCN1C(=O)CC[C@@H](C(=O)NCc2ccc(F)cc2F)[C@H]1C. The molecule has 0 bridgehead atoms. The number of methoxy groups -OCH3 is 1. The van der Waals surface area contributed by atoms with Crippen LogP contribution in [0.1, 0.15) is 25.3 Å². The molecular formula is C17H22F2N2O3. The fraction of sp³-hybridized carbons (Fsp3) is 0.529. The topological polar surface area (TPSA) is 58.6 Å². The molecule has 7 heteroatoms. The summed E-state index contributed by atoms with van der Waals surface area (Å²) in [5.74, 6) is -1.93. The van der Waals surface area contributed by atoms with E-state index in [-0.39, 0.29) is 35.9 Å². The summed E-state index contributed by atoms with van der Waals surface area (Å²) in [4.78, 5) is 26.0. The van der Waals surface area contributed by atoms with E-state index in [1.165, 1.54) is 6.07 Å². The van der Waals surface area contributed by atoms with Crippen molar-refractivity contribution in [1.29, 1.82) is 0 Å². The summed E-state index contributed by atoms with van der Waals surface area (Å²) in [7, 11) is 1.56. The molecule has 0 unspecified atom stereocenters. The Morgan fingerprint density at radius 1 is 1.42 bits per heavy atom. The standard InChI is InChI=1S/C17H22F2N2O3/c1-11-14(5-6-16(22)21(11)7-8-24-2)17(23)20-10-12-3-4-13(18)9-15(12)19/h3-4,9,11,14H,5-8,10H2,1-2H3,(H,20,23)/t11-,14-/m1/s1. The highest BCUT2D eigenvalue weighted by Crippen LogP contribution is 2.24. The third kappa shape index (κ3) is 4.29. The summed E-state index contributed by atoms with van der Waals surface area (Å²) >= 11 is 0. The predicted octanol–water partition coefficient (Wildman–Crippen LogP) is 1.85. The Morgan fingerprint density at radius 3 is 2.83 bits per heavy atom. The van der Waals surface area contributed by atoms with Crippen molar-refractivity contribution in [1.82, 2.24) is 10.2 Å². The lowest BCUT2D eigenvalue weighted by Crippen LogP contribution is -2.52. The minimum absolute atomic E-state index is 0.00757. The number of amides is 2. The quantitative estimate of drug-likeness (QED) is 0.860. The summed E-state index contributed by atoms with van der Waals surface area (Å²) in [6, 6.07) is 3.00. The molecule has 2 rings (SSSR count). The number of nitrogens with one attached hydrogen (secondary N) is 1. The number of rotatable bonds is 6. The Kier molecular flexibility index (Phi) is 6.25. The molecule has 24 heavy (non-hydrogen) atoms. The van der Waals surface area contributed by atoms with Crippen LogP contribution in [0.4, 0.5) is 8.78 Å². The third-order valence-corrected chi connectivity index (χ3v) is 4.40. The minimum Gasteiger partial charge on any atom is -0.383 e. The lowest BCUT2D eigenvalue weighted by Gasteiger charge is -2.38. The van der Waals surface area contributed by atoms with Crippen LogP contribution in [0.3, 0.4) is 0 Å². The van der Waals surface area contributed by atoms with Crippen LogP contribution in [0.15, 0.2) is 18.2 Å². The zero-order chi connectivity index (χ0) is 17.7. The molecule has 0 radical (unpaired) electrons. The van der Waals surface area contributed by atoms with E-state index in [1.54, 1.807) is 12.0 Å². The number of hydrogen-bond acceptors (Lipinski definition) is 3. The van der Waals surface area contributed by atoms with E-state index < -0.39 is 11.6 Å². The first kappa shape index (κ1) is 18.3. The van der Waals surface area contributed by atoms with E-state index in [4.69, 9.17) is 4.74 Å². The van der Waals surface area contributed by atoms with Gasteiger partial charge in [-0.2, -0.15) is 0 Å². The smallest absolute Gasteiger partial charge is 0.225 e. The third-order valence-electron chi connectivity index (χ3n) is 4.40. The van der Waals surface area contributed by atoms with Crippen LogP contribution in [0.2, 0.25) is 0 Å². The van der Waals surface area contributed by atoms with Gasteiger partial charge in [0.05, 0.1) is 12.5 Å². The molecule has 0 spiro atoms. The predicted molar refractivity (Wildman–Crippen MR) is 84.0 cm³/mol. The summed E-state index contributed by atoms with van der Waals surface area (Å²) in [6.07, 6.45) is 0.762. The van der Waals surface area contributed by atoms with Crippen molar-refractivity contribution in [2.24, 2.45) is 5.92 Å². The number of benzene rings is 1. The monoisotopic (exact) mass is 340 g/mol. The van der Waals surface area contributed by atoms with Gasteiger partial charge in [0, 0.05) is 44.3 Å². The fourth-order valence-electron chi connectivity index (χ4n) is 2.95. The van der Waals surface area contributed by atoms with Crippen molar-refractivity contribution in [3.63, 3.8) is 0 Å². The van der Waals surface area contributed by atoms with E-state index in [9.17, 15) is 18.4 Å². The average Bonchev–Trinajstić information content (AvgIpc) is 2.53. The van der Waals surface area contributed by atoms with Gasteiger partial charge in [0.1, 0.15) is 11.6 Å². The van der Waals surface area contributed by atoms with E-state index in [1.807, 2.05) is 6.92 Å². The maximum atomic E-state index is 13.6. The van der Waals surface area contributed by atoms with Gasteiger partial charge in [-0.15, -0.1) is 0 Å². The second-order valence-electron chi connectivity index (χ2n) is 5.92. The second-order valence-corrected chi connectivity index (χ2v) is 5.92. The molecule has 0 aliphatic carbocycles. The lowest BCUT2D eigenvalue weighted by atomic mass is 9.89. The summed E-state index contributed by atoms with van der Waals surface area (Å²) in [5, 5.41) is 2.68. The van der Waals surface area contributed by atoms with E-state index in [0.29, 0.717) is 26.0 Å². The maximum absolute atomic E-state index is 13.6. The first-order valence-electron chi connectivity index (χ1n) is 7.94. The van der Waals surface area contributed by atoms with Gasteiger partial charge in [0.25, 0.3) is 0 Å². The fourth-order valence-corrected chi connectivity index (χ4v) is 2.95. The molecule has 1 fully saturated rings. The van der Waals surface area contributed by atoms with Crippen molar-refractivity contribution < 1.29 is 23.1 Å². The number of nitrogens with zero attached hydrogens (tertiary/aromatic N) is 1. The normalized spacial score (nSPS) is 21.0. The highest BCUT2D eigenvalue weighted by Gasteiger charge is 2.36. The van der Waals surface area contributed by atoms with Crippen LogP contribution in [0.25, 0.3) is 0 Å². The molecule has 1 heterocycles. The Hall–Kier alpha value is -2.02. The molecule has 5 nitrogen and oxygen atoms in total. The zero-order valence-corrected chi connectivity index (χ0v) is 13.9. The molecule has 1 aliphatic rings. The van der Waals surface area contributed by atoms with Gasteiger partial charge in [-0.25, -0.2) is 8.78 Å². The molecular weight excluding hydrogens is 318 g/mol. The van der Waals surface area contributed by atoms with E-state index >= 15 is 0 Å². The number of hydrogen-bond donors (Lipinski definition) is 1. The van der Waals surface area contributed by atoms with Gasteiger partial charge in [-0.05, 0) is 19.4 Å². The molecule has 2 atom stereocenters. The number of carbonyl (C=O) groups is 2. The van der Waals surface area contributed by atoms with Crippen LogP contribution in [-0.2, 0) is 20.9 Å². The van der Waals surface area contributed by atoms with Crippen LogP contribution >= 0.6 is 0 Å². The van der Waals surface area contributed by atoms with Crippen LogP contribution < -0.4 is 5.32 Å². The Balaban J connectivity index is 1.97. The summed E-state index contributed by atoms with van der Waals surface area (Å²) in [5.41, 5.74) is 0.223. The van der Waals surface area contributed by atoms with Crippen molar-refractivity contribution in [2.75, 3.05) is 20.3 Å². The molecule has 132 valence electrons. The molecule has 0 saturated carbocycles. The summed E-state index contributed by atoms with van der Waals surface area (Å²) in [6.45, 7) is 2.66. The van der Waals surface area contributed by atoms with E-state index in [2.05, 4.69) is 5.32 Å². The van der Waals surface area contributed by atoms with Gasteiger partial charge in [0.15, 0.2) is 0 Å². The maximum Gasteiger partial charge on any atom is 0.225 e. The van der Waals surface area contributed by atoms with Gasteiger partial charge in [0.2, 0.25) is 11.8 Å². The van der Waals surface area contributed by atoms with Crippen molar-refractivity contribution in [3.8, 4) is 0 Å². The van der Waals surface area contributed by atoms with Crippen LogP contribution in [0.5, 0.6) is 0 Å². The first-order valence-corrected chi connectivity index (χ1v) is 7.94. The van der Waals surface area contributed by atoms with Crippen molar-refractivity contribution in [2.45, 2.75) is 32.4 Å². The Bertz CT molecular complexity index is 609. The van der Waals surface area contributed by atoms with E-state index in [0.717, 1.165) is 12.1 Å². The molecule has 1 aromatic carbocycles. The number of halogens is 2. The Morgan fingerprint density at radius 2 is 2.17 bits per heavy atom. The second kappa shape index (κ2) is 8.19. The molecule has 1 N–H and O–H groups in total. The van der Waals surface area contributed by atoms with Gasteiger partial charge in [-0.3, -0.25) is 9.59 Å². The average molecular weight is 340 g/mol.